The number of nitrogens with zero attached hydrogens (tertiary/aromatic N) is 2. The van der Waals surface area contributed by atoms with Crippen LogP contribution in [0, 0.1) is 6.92 Å². The lowest BCUT2D eigenvalue weighted by molar-refractivity contribution is 0.0953. The summed E-state index contributed by atoms with van der Waals surface area (Å²) in [4.78, 5) is 20.5. The summed E-state index contributed by atoms with van der Waals surface area (Å²) in [5.74, 6) is 0.219. The van der Waals surface area contributed by atoms with E-state index in [1.165, 1.54) is 18.0 Å². The van der Waals surface area contributed by atoms with E-state index in [9.17, 15) is 4.79 Å². The van der Waals surface area contributed by atoms with Crippen LogP contribution in [0.2, 0.25) is 5.02 Å². The Hall–Kier alpha value is -2.92. The summed E-state index contributed by atoms with van der Waals surface area (Å²) in [7, 11) is 0. The van der Waals surface area contributed by atoms with Gasteiger partial charge in [-0.2, -0.15) is 0 Å². The Balaban J connectivity index is 1.54. The van der Waals surface area contributed by atoms with E-state index in [-0.39, 0.29) is 5.91 Å². The number of aryl methyl sites for hydroxylation is 1. The van der Waals surface area contributed by atoms with Crippen LogP contribution in [0.4, 0.5) is 11.6 Å². The van der Waals surface area contributed by atoms with Crippen LogP contribution in [-0.4, -0.2) is 22.4 Å². The number of halogens is 1. The van der Waals surface area contributed by atoms with Crippen molar-refractivity contribution in [2.45, 2.75) is 13.3 Å². The minimum atomic E-state index is -0.189. The number of carbonyl (C=O) groups is 1. The fourth-order valence-electron chi connectivity index (χ4n) is 2.38. The van der Waals surface area contributed by atoms with E-state index in [4.69, 9.17) is 11.6 Å². The van der Waals surface area contributed by atoms with Crippen molar-refractivity contribution >= 4 is 29.1 Å². The number of carbonyl (C=O) groups excluding carboxylic acids is 1. The lowest BCUT2D eigenvalue weighted by Gasteiger charge is -2.08. The molecule has 2 aromatic carbocycles. The van der Waals surface area contributed by atoms with Gasteiger partial charge in [0.25, 0.3) is 5.91 Å². The average molecular weight is 367 g/mol. The fourth-order valence-corrected chi connectivity index (χ4v) is 2.56. The van der Waals surface area contributed by atoms with Gasteiger partial charge in [0.15, 0.2) is 0 Å². The van der Waals surface area contributed by atoms with Gasteiger partial charge in [-0.05, 0) is 36.6 Å². The molecule has 1 aromatic heterocycles. The molecule has 0 radical (unpaired) electrons. The van der Waals surface area contributed by atoms with E-state index in [1.807, 2.05) is 55.5 Å². The van der Waals surface area contributed by atoms with E-state index in [1.54, 1.807) is 0 Å². The summed E-state index contributed by atoms with van der Waals surface area (Å²) >= 11 is 6.11. The van der Waals surface area contributed by atoms with Crippen molar-refractivity contribution in [3.8, 4) is 0 Å². The Kier molecular flexibility index (Phi) is 5.81. The van der Waals surface area contributed by atoms with Gasteiger partial charge in [0.1, 0.15) is 0 Å². The third-order valence-corrected chi connectivity index (χ3v) is 4.29. The lowest BCUT2D eigenvalue weighted by atomic mass is 10.1. The van der Waals surface area contributed by atoms with Crippen molar-refractivity contribution in [2.75, 3.05) is 11.9 Å². The molecule has 0 aliphatic carbocycles. The molecule has 3 rings (SSSR count). The highest BCUT2D eigenvalue weighted by atomic mass is 35.5. The summed E-state index contributed by atoms with van der Waals surface area (Å²) in [6.45, 7) is 2.50. The molecule has 0 saturated carbocycles. The van der Waals surface area contributed by atoms with Gasteiger partial charge in [0, 0.05) is 29.6 Å². The Bertz CT molecular complexity index is 882. The molecule has 2 N–H and O–H groups in total. The first-order chi connectivity index (χ1) is 12.6. The average Bonchev–Trinajstić information content (AvgIpc) is 2.66. The highest BCUT2D eigenvalue weighted by Gasteiger charge is 2.07. The van der Waals surface area contributed by atoms with Gasteiger partial charge >= 0.3 is 0 Å². The topological polar surface area (TPSA) is 66.9 Å². The molecular formula is C20H19ClN4O. The molecule has 6 heteroatoms. The number of aromatic nitrogens is 2. The molecule has 0 spiro atoms. The van der Waals surface area contributed by atoms with Gasteiger partial charge < -0.3 is 10.6 Å². The fraction of sp³-hybridized carbons (Fsp3) is 0.150. The summed E-state index contributed by atoms with van der Waals surface area (Å²) in [6.07, 6.45) is 3.78. The van der Waals surface area contributed by atoms with Crippen LogP contribution in [-0.2, 0) is 6.42 Å². The number of rotatable bonds is 6. The lowest BCUT2D eigenvalue weighted by Crippen LogP contribution is -2.26. The normalized spacial score (nSPS) is 10.4. The standard InChI is InChI=1S/C20H19ClN4O/c1-14-7-8-17(11-18(14)21)25-20-23-12-16(13-24-20)19(26)22-10-9-15-5-3-2-4-6-15/h2-8,11-13H,9-10H2,1H3,(H,22,26)(H,23,24,25). The molecule has 0 aliphatic rings. The zero-order valence-electron chi connectivity index (χ0n) is 14.4. The number of benzene rings is 2. The van der Waals surface area contributed by atoms with Gasteiger partial charge in [-0.3, -0.25) is 4.79 Å². The largest absolute Gasteiger partial charge is 0.352 e. The summed E-state index contributed by atoms with van der Waals surface area (Å²) in [6, 6.07) is 15.6. The first-order valence-electron chi connectivity index (χ1n) is 8.29. The van der Waals surface area contributed by atoms with E-state index in [0.717, 1.165) is 17.7 Å². The quantitative estimate of drug-likeness (QED) is 0.687. The van der Waals surface area contributed by atoms with Gasteiger partial charge in [0.05, 0.1) is 5.56 Å². The monoisotopic (exact) mass is 366 g/mol. The smallest absolute Gasteiger partial charge is 0.254 e. The molecule has 0 unspecified atom stereocenters. The molecule has 132 valence electrons. The zero-order valence-corrected chi connectivity index (χ0v) is 15.1. The molecule has 1 heterocycles. The SMILES string of the molecule is Cc1ccc(Nc2ncc(C(=O)NCCc3ccccc3)cn2)cc1Cl. The van der Waals surface area contributed by atoms with Gasteiger partial charge in [0.2, 0.25) is 5.95 Å². The van der Waals surface area contributed by atoms with Crippen molar-refractivity contribution < 1.29 is 4.79 Å². The number of hydrogen-bond acceptors (Lipinski definition) is 4. The highest BCUT2D eigenvalue weighted by molar-refractivity contribution is 6.31. The number of hydrogen-bond donors (Lipinski definition) is 2. The Labute approximate surface area is 157 Å². The summed E-state index contributed by atoms with van der Waals surface area (Å²) in [5.41, 5.74) is 3.40. The third-order valence-electron chi connectivity index (χ3n) is 3.88. The van der Waals surface area contributed by atoms with Crippen molar-refractivity contribution in [1.82, 2.24) is 15.3 Å². The predicted octanol–water partition coefficient (Wildman–Crippen LogP) is 4.15. The third kappa shape index (κ3) is 4.80. The second kappa shape index (κ2) is 8.45. The van der Waals surface area contributed by atoms with Crippen LogP contribution >= 0.6 is 11.6 Å². The van der Waals surface area contributed by atoms with Crippen molar-refractivity contribution in [2.24, 2.45) is 0 Å². The second-order valence-electron chi connectivity index (χ2n) is 5.88. The van der Waals surface area contributed by atoms with Crippen LogP contribution in [0.5, 0.6) is 0 Å². The Morgan fingerprint density at radius 3 is 2.50 bits per heavy atom. The number of nitrogens with one attached hydrogen (secondary N) is 2. The minimum absolute atomic E-state index is 0.189. The van der Waals surface area contributed by atoms with E-state index < -0.39 is 0 Å². The molecule has 0 saturated heterocycles. The highest BCUT2D eigenvalue weighted by Crippen LogP contribution is 2.21. The minimum Gasteiger partial charge on any atom is -0.352 e. The van der Waals surface area contributed by atoms with Crippen LogP contribution in [0.15, 0.2) is 60.9 Å². The first kappa shape index (κ1) is 17.9. The van der Waals surface area contributed by atoms with Crippen LogP contribution < -0.4 is 10.6 Å². The molecule has 3 aromatic rings. The molecule has 5 nitrogen and oxygen atoms in total. The maximum atomic E-state index is 12.2. The summed E-state index contributed by atoms with van der Waals surface area (Å²) in [5, 5.41) is 6.61. The van der Waals surface area contributed by atoms with Crippen molar-refractivity contribution in [3.63, 3.8) is 0 Å². The second-order valence-corrected chi connectivity index (χ2v) is 6.28. The van der Waals surface area contributed by atoms with Crippen molar-refractivity contribution in [3.05, 3.63) is 82.6 Å². The van der Waals surface area contributed by atoms with Gasteiger partial charge in [-0.15, -0.1) is 0 Å². The maximum Gasteiger partial charge on any atom is 0.254 e. The molecular weight excluding hydrogens is 348 g/mol. The van der Waals surface area contributed by atoms with Crippen LogP contribution in [0.25, 0.3) is 0 Å². The maximum absolute atomic E-state index is 12.2. The number of amides is 1. The zero-order chi connectivity index (χ0) is 18.4. The van der Waals surface area contributed by atoms with Crippen molar-refractivity contribution in [1.29, 1.82) is 0 Å². The molecule has 0 bridgehead atoms. The molecule has 0 aliphatic heterocycles. The van der Waals surface area contributed by atoms with E-state index >= 15 is 0 Å². The summed E-state index contributed by atoms with van der Waals surface area (Å²) < 4.78 is 0. The molecule has 26 heavy (non-hydrogen) atoms. The Morgan fingerprint density at radius 2 is 1.81 bits per heavy atom. The van der Waals surface area contributed by atoms with Crippen LogP contribution in [0.3, 0.4) is 0 Å². The first-order valence-corrected chi connectivity index (χ1v) is 8.67. The molecule has 0 atom stereocenters. The van der Waals surface area contributed by atoms with Gasteiger partial charge in [-0.25, -0.2) is 9.97 Å². The number of anilines is 2. The van der Waals surface area contributed by atoms with Crippen LogP contribution in [0.1, 0.15) is 21.5 Å². The van der Waals surface area contributed by atoms with E-state index in [0.29, 0.717) is 23.1 Å². The Morgan fingerprint density at radius 1 is 1.08 bits per heavy atom. The van der Waals surface area contributed by atoms with E-state index in [2.05, 4.69) is 20.6 Å². The molecule has 0 fully saturated rings. The molecule has 1 amide bonds. The predicted molar refractivity (Wildman–Crippen MR) is 104 cm³/mol. The van der Waals surface area contributed by atoms with Gasteiger partial charge in [-0.1, -0.05) is 48.0 Å².